The number of nitrogen functional groups attached to an aromatic ring is 1. The third-order valence-corrected chi connectivity index (χ3v) is 4.07. The van der Waals surface area contributed by atoms with Crippen molar-refractivity contribution in [2.24, 2.45) is 0 Å². The highest BCUT2D eigenvalue weighted by molar-refractivity contribution is 7.89. The molecule has 1 aromatic rings. The smallest absolute Gasteiger partial charge is 0.244 e. The molecule has 1 rings (SSSR count). The van der Waals surface area contributed by atoms with Crippen molar-refractivity contribution in [1.82, 2.24) is 4.72 Å². The second-order valence-electron chi connectivity index (χ2n) is 3.82. The van der Waals surface area contributed by atoms with E-state index in [2.05, 4.69) is 4.72 Å². The van der Waals surface area contributed by atoms with E-state index < -0.39 is 16.1 Å². The molecule has 18 heavy (non-hydrogen) atoms. The zero-order valence-corrected chi connectivity index (χ0v) is 11.2. The van der Waals surface area contributed by atoms with Gasteiger partial charge in [0.2, 0.25) is 10.0 Å². The fourth-order valence-corrected chi connectivity index (χ4v) is 2.90. The van der Waals surface area contributed by atoms with Gasteiger partial charge in [-0.1, -0.05) is 6.92 Å². The fourth-order valence-electron chi connectivity index (χ4n) is 1.44. The van der Waals surface area contributed by atoms with Crippen LogP contribution in [0.15, 0.2) is 23.1 Å². The Kier molecular flexibility index (Phi) is 4.94. The number of sulfonamides is 1. The summed E-state index contributed by atoms with van der Waals surface area (Å²) in [6.07, 6.45) is 0.493. The minimum Gasteiger partial charge on any atom is -0.495 e. The van der Waals surface area contributed by atoms with Crippen molar-refractivity contribution in [3.8, 4) is 5.75 Å². The average Bonchev–Trinajstić information content (AvgIpc) is 2.35. The van der Waals surface area contributed by atoms with Crippen LogP contribution in [0.2, 0.25) is 0 Å². The molecule has 0 unspecified atom stereocenters. The van der Waals surface area contributed by atoms with Gasteiger partial charge in [-0.05, 0) is 18.6 Å². The summed E-state index contributed by atoms with van der Waals surface area (Å²) in [4.78, 5) is 0.00565. The third-order valence-electron chi connectivity index (χ3n) is 2.51. The van der Waals surface area contributed by atoms with Gasteiger partial charge in [0.1, 0.15) is 10.6 Å². The van der Waals surface area contributed by atoms with Crippen molar-refractivity contribution in [1.29, 1.82) is 0 Å². The van der Waals surface area contributed by atoms with Gasteiger partial charge in [0.05, 0.1) is 13.7 Å². The maximum absolute atomic E-state index is 12.1. The highest BCUT2D eigenvalue weighted by Crippen LogP contribution is 2.26. The first kappa shape index (κ1) is 14.7. The molecule has 0 aliphatic carbocycles. The van der Waals surface area contributed by atoms with Crippen molar-refractivity contribution < 1.29 is 18.3 Å². The van der Waals surface area contributed by atoms with Gasteiger partial charge in [-0.2, -0.15) is 0 Å². The molecule has 102 valence electrons. The van der Waals surface area contributed by atoms with E-state index in [1.807, 2.05) is 0 Å². The van der Waals surface area contributed by atoms with Gasteiger partial charge >= 0.3 is 0 Å². The first-order chi connectivity index (χ1) is 8.44. The molecule has 0 fully saturated rings. The van der Waals surface area contributed by atoms with E-state index in [-0.39, 0.29) is 17.3 Å². The molecule has 7 heteroatoms. The number of hydrogen-bond donors (Lipinski definition) is 3. The van der Waals surface area contributed by atoms with Gasteiger partial charge in [-0.15, -0.1) is 0 Å². The number of ether oxygens (including phenoxy) is 1. The minimum atomic E-state index is -3.73. The summed E-state index contributed by atoms with van der Waals surface area (Å²) in [7, 11) is -2.36. The molecule has 0 spiro atoms. The van der Waals surface area contributed by atoms with E-state index >= 15 is 0 Å². The average molecular weight is 274 g/mol. The number of hydrogen-bond acceptors (Lipinski definition) is 5. The Hall–Kier alpha value is -1.31. The van der Waals surface area contributed by atoms with Crippen molar-refractivity contribution in [3.05, 3.63) is 18.2 Å². The van der Waals surface area contributed by atoms with Gasteiger partial charge in [0.25, 0.3) is 0 Å². The molecule has 0 amide bonds. The number of aliphatic hydroxyl groups excluding tert-OH is 1. The Morgan fingerprint density at radius 1 is 1.50 bits per heavy atom. The summed E-state index contributed by atoms with van der Waals surface area (Å²) in [5.41, 5.74) is 5.98. The van der Waals surface area contributed by atoms with Crippen molar-refractivity contribution in [3.63, 3.8) is 0 Å². The summed E-state index contributed by atoms with van der Waals surface area (Å²) >= 11 is 0. The first-order valence-corrected chi connectivity index (χ1v) is 6.99. The van der Waals surface area contributed by atoms with Crippen LogP contribution in [-0.4, -0.2) is 33.3 Å². The molecule has 0 aliphatic rings. The molecular weight excluding hydrogens is 256 g/mol. The zero-order valence-electron chi connectivity index (χ0n) is 10.4. The number of rotatable bonds is 6. The Morgan fingerprint density at radius 2 is 2.17 bits per heavy atom. The monoisotopic (exact) mass is 274 g/mol. The van der Waals surface area contributed by atoms with Crippen LogP contribution in [0.25, 0.3) is 0 Å². The molecular formula is C11H18N2O4S. The summed E-state index contributed by atoms with van der Waals surface area (Å²) in [5.74, 6) is 0.176. The predicted octanol–water partition coefficient (Wildman–Crippen LogP) is 0.327. The van der Waals surface area contributed by atoms with Gasteiger partial charge < -0.3 is 15.6 Å². The van der Waals surface area contributed by atoms with E-state index in [1.165, 1.54) is 25.3 Å². The molecule has 0 aromatic heterocycles. The SMILES string of the molecule is CC[C@H](CO)NS(=O)(=O)c1ccc(N)cc1OC. The molecule has 0 radical (unpaired) electrons. The Labute approximate surface area is 107 Å². The molecule has 0 saturated heterocycles. The highest BCUT2D eigenvalue weighted by atomic mass is 32.2. The third kappa shape index (κ3) is 3.34. The fraction of sp³-hybridized carbons (Fsp3) is 0.455. The number of anilines is 1. The molecule has 0 aliphatic heterocycles. The second-order valence-corrected chi connectivity index (χ2v) is 5.50. The summed E-state index contributed by atoms with van der Waals surface area (Å²) in [6, 6.07) is 3.78. The number of aliphatic hydroxyl groups is 1. The van der Waals surface area contributed by atoms with E-state index in [9.17, 15) is 8.42 Å². The topological polar surface area (TPSA) is 102 Å². The van der Waals surface area contributed by atoms with Crippen LogP contribution in [0.5, 0.6) is 5.75 Å². The zero-order chi connectivity index (χ0) is 13.8. The van der Waals surface area contributed by atoms with Gasteiger partial charge in [0, 0.05) is 17.8 Å². The lowest BCUT2D eigenvalue weighted by Crippen LogP contribution is -2.37. The first-order valence-electron chi connectivity index (χ1n) is 5.51. The van der Waals surface area contributed by atoms with E-state index in [0.29, 0.717) is 12.1 Å². The quantitative estimate of drug-likeness (QED) is 0.649. The summed E-state index contributed by atoms with van der Waals surface area (Å²) in [5, 5.41) is 9.03. The van der Waals surface area contributed by atoms with Gasteiger partial charge in [-0.3, -0.25) is 0 Å². The number of nitrogens with one attached hydrogen (secondary N) is 1. The predicted molar refractivity (Wildman–Crippen MR) is 68.9 cm³/mol. The normalized spacial score (nSPS) is 13.3. The van der Waals surface area contributed by atoms with E-state index in [1.54, 1.807) is 6.92 Å². The van der Waals surface area contributed by atoms with Gasteiger partial charge in [-0.25, -0.2) is 13.1 Å². The number of methoxy groups -OCH3 is 1. The van der Waals surface area contributed by atoms with Crippen LogP contribution in [-0.2, 0) is 10.0 Å². The number of nitrogens with two attached hydrogens (primary N) is 1. The standard InChI is InChI=1S/C11H18N2O4S/c1-3-9(7-14)13-18(15,16)11-5-4-8(12)6-10(11)17-2/h4-6,9,13-14H,3,7,12H2,1-2H3/t9-/m1/s1. The maximum atomic E-state index is 12.1. The molecule has 4 N–H and O–H groups in total. The molecule has 1 aromatic carbocycles. The van der Waals surface area contributed by atoms with E-state index in [4.69, 9.17) is 15.6 Å². The molecule has 1 atom stereocenters. The van der Waals surface area contributed by atoms with Crippen LogP contribution < -0.4 is 15.2 Å². The molecule has 0 bridgehead atoms. The van der Waals surface area contributed by atoms with Crippen molar-refractivity contribution >= 4 is 15.7 Å². The van der Waals surface area contributed by atoms with Crippen molar-refractivity contribution in [2.75, 3.05) is 19.5 Å². The number of benzene rings is 1. The maximum Gasteiger partial charge on any atom is 0.244 e. The Morgan fingerprint density at radius 3 is 2.67 bits per heavy atom. The highest BCUT2D eigenvalue weighted by Gasteiger charge is 2.22. The van der Waals surface area contributed by atoms with Crippen molar-refractivity contribution in [2.45, 2.75) is 24.3 Å². The lowest BCUT2D eigenvalue weighted by atomic mass is 10.3. The van der Waals surface area contributed by atoms with Crippen LogP contribution in [0.4, 0.5) is 5.69 Å². The summed E-state index contributed by atoms with van der Waals surface area (Å²) in [6.45, 7) is 1.52. The Balaban J connectivity index is 3.12. The van der Waals surface area contributed by atoms with Crippen LogP contribution in [0, 0.1) is 0 Å². The van der Waals surface area contributed by atoms with Gasteiger partial charge in [0.15, 0.2) is 0 Å². The largest absolute Gasteiger partial charge is 0.495 e. The lowest BCUT2D eigenvalue weighted by molar-refractivity contribution is 0.253. The minimum absolute atomic E-state index is 0.00565. The van der Waals surface area contributed by atoms with Crippen LogP contribution in [0.1, 0.15) is 13.3 Å². The second kappa shape index (κ2) is 6.03. The molecule has 6 nitrogen and oxygen atoms in total. The van der Waals surface area contributed by atoms with Crippen LogP contribution >= 0.6 is 0 Å². The summed E-state index contributed by atoms with van der Waals surface area (Å²) < 4.78 is 31.6. The lowest BCUT2D eigenvalue weighted by Gasteiger charge is -2.16. The Bertz CT molecular complexity index is 498. The molecule has 0 saturated carbocycles. The van der Waals surface area contributed by atoms with Crippen LogP contribution in [0.3, 0.4) is 0 Å². The van der Waals surface area contributed by atoms with E-state index in [0.717, 1.165) is 0 Å². The molecule has 0 heterocycles.